The molecule has 3 rings (SSSR count). The van der Waals surface area contributed by atoms with E-state index in [1.165, 1.54) is 0 Å². The normalized spacial score (nSPS) is 18.4. The van der Waals surface area contributed by atoms with Crippen LogP contribution < -0.4 is 0 Å². The number of likely N-dealkylation sites (tertiary alicyclic amines) is 1. The summed E-state index contributed by atoms with van der Waals surface area (Å²) in [6.45, 7) is 4.02. The molecule has 2 aromatic heterocycles. The van der Waals surface area contributed by atoms with Crippen LogP contribution in [0.4, 0.5) is 0 Å². The maximum absolute atomic E-state index is 12.6. The number of nitrogens with zero attached hydrogens (tertiary/aromatic N) is 5. The lowest BCUT2D eigenvalue weighted by Gasteiger charge is -2.34. The van der Waals surface area contributed by atoms with Gasteiger partial charge in [0.2, 0.25) is 0 Å². The number of aromatic nitrogens is 4. The van der Waals surface area contributed by atoms with Gasteiger partial charge in [0.15, 0.2) is 0 Å². The highest BCUT2D eigenvalue weighted by atomic mass is 16.5. The Hall–Kier alpha value is -2.15. The van der Waals surface area contributed by atoms with Crippen LogP contribution in [0.3, 0.4) is 0 Å². The van der Waals surface area contributed by atoms with E-state index in [4.69, 9.17) is 4.74 Å². The molecule has 2 aromatic rings. The first-order chi connectivity index (χ1) is 11.1. The topological polar surface area (TPSA) is 65.2 Å². The van der Waals surface area contributed by atoms with Crippen molar-refractivity contribution in [2.24, 2.45) is 7.05 Å². The number of carbonyl (C=O) groups is 1. The summed E-state index contributed by atoms with van der Waals surface area (Å²) in [6.07, 6.45) is 7.30. The van der Waals surface area contributed by atoms with Crippen molar-refractivity contribution >= 4 is 5.91 Å². The van der Waals surface area contributed by atoms with Crippen LogP contribution in [-0.2, 0) is 18.4 Å². The smallest absolute Gasteiger partial charge is 0.257 e. The van der Waals surface area contributed by atoms with Crippen molar-refractivity contribution in [3.8, 4) is 0 Å². The third-order valence-electron chi connectivity index (χ3n) is 4.33. The van der Waals surface area contributed by atoms with Crippen molar-refractivity contribution in [2.45, 2.75) is 32.4 Å². The zero-order valence-corrected chi connectivity index (χ0v) is 13.9. The van der Waals surface area contributed by atoms with E-state index in [0.29, 0.717) is 18.7 Å². The molecule has 0 N–H and O–H groups in total. The van der Waals surface area contributed by atoms with Gasteiger partial charge in [0.25, 0.3) is 5.91 Å². The summed E-state index contributed by atoms with van der Waals surface area (Å²) in [5.74, 6) is 0.972. The molecule has 1 aliphatic heterocycles. The molecule has 23 heavy (non-hydrogen) atoms. The zero-order chi connectivity index (χ0) is 16.4. The molecule has 7 nitrogen and oxygen atoms in total. The van der Waals surface area contributed by atoms with E-state index >= 15 is 0 Å². The molecule has 124 valence electrons. The highest BCUT2D eigenvalue weighted by Crippen LogP contribution is 2.26. The van der Waals surface area contributed by atoms with Gasteiger partial charge in [0.05, 0.1) is 17.8 Å². The second-order valence-electron chi connectivity index (χ2n) is 6.07. The number of rotatable bonds is 4. The molecule has 3 heterocycles. The zero-order valence-electron chi connectivity index (χ0n) is 13.9. The van der Waals surface area contributed by atoms with Crippen molar-refractivity contribution in [1.82, 2.24) is 24.2 Å². The van der Waals surface area contributed by atoms with E-state index in [0.717, 1.165) is 30.9 Å². The highest BCUT2D eigenvalue weighted by molar-refractivity contribution is 5.93. The molecule has 1 unspecified atom stereocenters. The predicted octanol–water partition coefficient (Wildman–Crippen LogP) is 1.55. The maximum Gasteiger partial charge on any atom is 0.257 e. The van der Waals surface area contributed by atoms with E-state index in [2.05, 4.69) is 14.6 Å². The van der Waals surface area contributed by atoms with Crippen LogP contribution in [0.5, 0.6) is 0 Å². The van der Waals surface area contributed by atoms with Crippen LogP contribution in [0.15, 0.2) is 18.6 Å². The fourth-order valence-electron chi connectivity index (χ4n) is 3.29. The third kappa shape index (κ3) is 3.14. The number of amides is 1. The van der Waals surface area contributed by atoms with Crippen molar-refractivity contribution in [3.63, 3.8) is 0 Å². The average Bonchev–Trinajstić information content (AvgIpc) is 3.13. The second-order valence-corrected chi connectivity index (χ2v) is 6.07. The quantitative estimate of drug-likeness (QED) is 0.858. The molecule has 1 saturated heterocycles. The summed E-state index contributed by atoms with van der Waals surface area (Å²) in [6, 6.07) is 0.247. The number of aryl methyl sites for hydroxylation is 2. The third-order valence-corrected chi connectivity index (χ3v) is 4.33. The van der Waals surface area contributed by atoms with Crippen molar-refractivity contribution < 1.29 is 9.53 Å². The Morgan fingerprint density at radius 1 is 1.43 bits per heavy atom. The minimum Gasteiger partial charge on any atom is -0.377 e. The first kappa shape index (κ1) is 15.7. The Kier molecular flexibility index (Phi) is 4.47. The SMILES string of the molecule is COCc1ncc(C)n1C1CCCN(C(=O)c2cnn(C)c2)C1. The molecule has 7 heteroatoms. The number of methoxy groups -OCH3 is 1. The molecule has 1 atom stereocenters. The summed E-state index contributed by atoms with van der Waals surface area (Å²) in [4.78, 5) is 19.0. The molecule has 0 aliphatic carbocycles. The summed E-state index contributed by atoms with van der Waals surface area (Å²) < 4.78 is 9.12. The molecule has 1 aliphatic rings. The molecule has 0 aromatic carbocycles. The van der Waals surface area contributed by atoms with Gasteiger partial charge < -0.3 is 14.2 Å². The van der Waals surface area contributed by atoms with Crippen LogP contribution in [-0.4, -0.2) is 50.3 Å². The summed E-state index contributed by atoms with van der Waals surface area (Å²) in [5.41, 5.74) is 1.75. The van der Waals surface area contributed by atoms with E-state index in [9.17, 15) is 4.79 Å². The van der Waals surface area contributed by atoms with Crippen molar-refractivity contribution in [2.75, 3.05) is 20.2 Å². The molecule has 1 amide bonds. The average molecular weight is 317 g/mol. The summed E-state index contributed by atoms with van der Waals surface area (Å²) in [7, 11) is 3.50. The molecule has 0 spiro atoms. The minimum absolute atomic E-state index is 0.0499. The predicted molar refractivity (Wildman–Crippen MR) is 85.1 cm³/mol. The number of piperidine rings is 1. The van der Waals surface area contributed by atoms with Crippen LogP contribution >= 0.6 is 0 Å². The fraction of sp³-hybridized carbons (Fsp3) is 0.562. The Morgan fingerprint density at radius 2 is 2.26 bits per heavy atom. The van der Waals surface area contributed by atoms with Crippen molar-refractivity contribution in [3.05, 3.63) is 35.7 Å². The first-order valence-corrected chi connectivity index (χ1v) is 7.89. The lowest BCUT2D eigenvalue weighted by molar-refractivity contribution is 0.0672. The summed E-state index contributed by atoms with van der Waals surface area (Å²) in [5, 5.41) is 4.09. The van der Waals surface area contributed by atoms with Gasteiger partial charge in [0.1, 0.15) is 12.4 Å². The van der Waals surface area contributed by atoms with Gasteiger partial charge in [-0.05, 0) is 19.8 Å². The van der Waals surface area contributed by atoms with E-state index in [-0.39, 0.29) is 11.9 Å². The first-order valence-electron chi connectivity index (χ1n) is 7.89. The summed E-state index contributed by atoms with van der Waals surface area (Å²) >= 11 is 0. The fourth-order valence-corrected chi connectivity index (χ4v) is 3.29. The van der Waals surface area contributed by atoms with Gasteiger partial charge >= 0.3 is 0 Å². The molecule has 0 saturated carbocycles. The monoisotopic (exact) mass is 317 g/mol. The second kappa shape index (κ2) is 6.54. The number of hydrogen-bond acceptors (Lipinski definition) is 4. The lowest BCUT2D eigenvalue weighted by Crippen LogP contribution is -2.41. The Labute approximate surface area is 135 Å². The standard InChI is InChI=1S/C16H23N5O2/c1-12-7-17-15(11-23-3)21(12)14-5-4-6-20(10-14)16(22)13-8-18-19(2)9-13/h7-9,14H,4-6,10-11H2,1-3H3. The molecule has 0 bridgehead atoms. The molecule has 0 radical (unpaired) electrons. The molecular formula is C16H23N5O2. The number of carbonyl (C=O) groups excluding carboxylic acids is 1. The van der Waals surface area contributed by atoms with Crippen LogP contribution in [0.1, 0.15) is 40.8 Å². The number of hydrogen-bond donors (Lipinski definition) is 0. The van der Waals surface area contributed by atoms with Gasteiger partial charge in [-0.25, -0.2) is 4.98 Å². The van der Waals surface area contributed by atoms with Gasteiger partial charge in [-0.1, -0.05) is 0 Å². The van der Waals surface area contributed by atoms with E-state index in [1.54, 1.807) is 24.2 Å². The van der Waals surface area contributed by atoms with Gasteiger partial charge in [-0.3, -0.25) is 9.48 Å². The minimum atomic E-state index is 0.0499. The van der Waals surface area contributed by atoms with Crippen LogP contribution in [0, 0.1) is 6.92 Å². The number of imidazole rings is 1. The highest BCUT2D eigenvalue weighted by Gasteiger charge is 2.28. The van der Waals surface area contributed by atoms with Crippen LogP contribution in [0.25, 0.3) is 0 Å². The Morgan fingerprint density at radius 3 is 2.96 bits per heavy atom. The van der Waals surface area contributed by atoms with E-state index < -0.39 is 0 Å². The van der Waals surface area contributed by atoms with Gasteiger partial charge in [-0.15, -0.1) is 0 Å². The Balaban J connectivity index is 1.78. The molecule has 1 fully saturated rings. The Bertz CT molecular complexity index is 690. The van der Waals surface area contributed by atoms with Crippen molar-refractivity contribution in [1.29, 1.82) is 0 Å². The van der Waals surface area contributed by atoms with Crippen LogP contribution in [0.2, 0.25) is 0 Å². The lowest BCUT2D eigenvalue weighted by atomic mass is 10.0. The molecular weight excluding hydrogens is 294 g/mol. The largest absolute Gasteiger partial charge is 0.377 e. The van der Waals surface area contributed by atoms with E-state index in [1.807, 2.05) is 25.1 Å². The van der Waals surface area contributed by atoms with Gasteiger partial charge in [-0.2, -0.15) is 5.10 Å². The maximum atomic E-state index is 12.6. The number of ether oxygens (including phenoxy) is 1. The van der Waals surface area contributed by atoms with Gasteiger partial charge in [0, 0.05) is 45.3 Å².